The van der Waals surface area contributed by atoms with Crippen LogP contribution in [0.4, 0.5) is 8.78 Å². The van der Waals surface area contributed by atoms with Crippen LogP contribution in [0.5, 0.6) is 0 Å². The Morgan fingerprint density at radius 1 is 1.00 bits per heavy atom. The lowest BCUT2D eigenvalue weighted by molar-refractivity contribution is 0.537. The number of hydrogen-bond donors (Lipinski definition) is 0. The summed E-state index contributed by atoms with van der Waals surface area (Å²) in [5.41, 5.74) is 2.30. The summed E-state index contributed by atoms with van der Waals surface area (Å²) in [6.07, 6.45) is 1.93. The van der Waals surface area contributed by atoms with E-state index < -0.39 is 11.6 Å². The molecule has 0 spiro atoms. The average Bonchev–Trinajstić information content (AvgIpc) is 2.90. The second-order valence-electron chi connectivity index (χ2n) is 6.45. The summed E-state index contributed by atoms with van der Waals surface area (Å²) in [5.74, 6) is -1.19. The SMILES string of the molecule is CC(C)c1c(F)cc(-c2cccc3nn(C(C)C)cc23)cc1F. The van der Waals surface area contributed by atoms with E-state index in [0.717, 1.165) is 16.5 Å². The van der Waals surface area contributed by atoms with Gasteiger partial charge in [-0.15, -0.1) is 0 Å². The number of benzene rings is 2. The summed E-state index contributed by atoms with van der Waals surface area (Å²) in [4.78, 5) is 0. The molecule has 4 heteroatoms. The number of halogens is 2. The summed E-state index contributed by atoms with van der Waals surface area (Å²) in [7, 11) is 0. The lowest BCUT2D eigenvalue weighted by Crippen LogP contribution is -1.99. The van der Waals surface area contributed by atoms with E-state index in [-0.39, 0.29) is 17.5 Å². The highest BCUT2D eigenvalue weighted by atomic mass is 19.1. The highest BCUT2D eigenvalue weighted by molar-refractivity contribution is 5.94. The first-order valence-electron chi connectivity index (χ1n) is 7.85. The fourth-order valence-electron chi connectivity index (χ4n) is 2.87. The van der Waals surface area contributed by atoms with Crippen LogP contribution in [0.2, 0.25) is 0 Å². The van der Waals surface area contributed by atoms with Crippen LogP contribution in [0.25, 0.3) is 22.0 Å². The fraction of sp³-hybridized carbons (Fsp3) is 0.316. The summed E-state index contributed by atoms with van der Waals surface area (Å²) in [6.45, 7) is 7.66. The van der Waals surface area contributed by atoms with Crippen LogP contribution in [-0.4, -0.2) is 9.78 Å². The molecule has 2 nitrogen and oxygen atoms in total. The van der Waals surface area contributed by atoms with Gasteiger partial charge in [0.15, 0.2) is 0 Å². The Hall–Kier alpha value is -2.23. The minimum atomic E-state index is -0.497. The standard InChI is InChI=1S/C19H20F2N2/c1-11(2)19-16(20)8-13(9-17(19)21)14-6-5-7-18-15(14)10-23(22-18)12(3)4/h5-12H,1-4H3. The molecular weight excluding hydrogens is 294 g/mol. The predicted molar refractivity (Wildman–Crippen MR) is 89.6 cm³/mol. The van der Waals surface area contributed by atoms with Gasteiger partial charge in [-0.2, -0.15) is 5.10 Å². The van der Waals surface area contributed by atoms with Crippen molar-refractivity contribution in [2.45, 2.75) is 39.7 Å². The molecule has 0 fully saturated rings. The number of hydrogen-bond acceptors (Lipinski definition) is 1. The molecule has 0 aliphatic rings. The lowest BCUT2D eigenvalue weighted by atomic mass is 9.96. The molecular formula is C19H20F2N2. The van der Waals surface area contributed by atoms with Gasteiger partial charge >= 0.3 is 0 Å². The molecule has 0 amide bonds. The molecule has 3 rings (SSSR count). The molecule has 0 saturated heterocycles. The highest BCUT2D eigenvalue weighted by Crippen LogP contribution is 2.32. The quantitative estimate of drug-likeness (QED) is 0.607. The number of rotatable bonds is 3. The van der Waals surface area contributed by atoms with Crippen LogP contribution in [-0.2, 0) is 0 Å². The Morgan fingerprint density at radius 3 is 2.22 bits per heavy atom. The second-order valence-corrected chi connectivity index (χ2v) is 6.45. The Labute approximate surface area is 134 Å². The number of fused-ring (bicyclic) bond motifs is 1. The Morgan fingerprint density at radius 2 is 1.65 bits per heavy atom. The maximum Gasteiger partial charge on any atom is 0.130 e. The average molecular weight is 314 g/mol. The van der Waals surface area contributed by atoms with E-state index in [1.165, 1.54) is 12.1 Å². The van der Waals surface area contributed by atoms with Crippen molar-refractivity contribution >= 4 is 10.9 Å². The van der Waals surface area contributed by atoms with Gasteiger partial charge in [-0.05, 0) is 49.1 Å². The van der Waals surface area contributed by atoms with Crippen LogP contribution < -0.4 is 0 Å². The Kier molecular flexibility index (Phi) is 3.92. The van der Waals surface area contributed by atoms with Crippen molar-refractivity contribution in [1.82, 2.24) is 9.78 Å². The van der Waals surface area contributed by atoms with Gasteiger partial charge in [0.25, 0.3) is 0 Å². The highest BCUT2D eigenvalue weighted by Gasteiger charge is 2.17. The van der Waals surface area contributed by atoms with Crippen LogP contribution in [0, 0.1) is 11.6 Å². The number of nitrogens with zero attached hydrogens (tertiary/aromatic N) is 2. The molecule has 0 bridgehead atoms. The van der Waals surface area contributed by atoms with Gasteiger partial charge < -0.3 is 0 Å². The van der Waals surface area contributed by atoms with E-state index in [2.05, 4.69) is 5.10 Å². The first-order valence-corrected chi connectivity index (χ1v) is 7.85. The minimum Gasteiger partial charge on any atom is -0.269 e. The zero-order chi connectivity index (χ0) is 16.7. The Bertz CT molecular complexity index is 840. The fourth-order valence-corrected chi connectivity index (χ4v) is 2.87. The van der Waals surface area contributed by atoms with Crippen LogP contribution >= 0.6 is 0 Å². The van der Waals surface area contributed by atoms with Gasteiger partial charge in [-0.25, -0.2) is 8.78 Å². The van der Waals surface area contributed by atoms with E-state index in [4.69, 9.17) is 0 Å². The molecule has 1 heterocycles. The van der Waals surface area contributed by atoms with Crippen LogP contribution in [0.1, 0.15) is 45.2 Å². The predicted octanol–water partition coefficient (Wildman–Crippen LogP) is 5.69. The molecule has 0 N–H and O–H groups in total. The van der Waals surface area contributed by atoms with E-state index in [9.17, 15) is 8.78 Å². The minimum absolute atomic E-state index is 0.138. The van der Waals surface area contributed by atoms with Gasteiger partial charge in [0, 0.05) is 23.2 Å². The zero-order valence-corrected chi connectivity index (χ0v) is 13.8. The molecule has 0 unspecified atom stereocenters. The van der Waals surface area contributed by atoms with Crippen LogP contribution in [0.3, 0.4) is 0 Å². The summed E-state index contributed by atoms with van der Waals surface area (Å²) in [5, 5.41) is 5.42. The van der Waals surface area contributed by atoms with Crippen molar-refractivity contribution < 1.29 is 8.78 Å². The van der Waals surface area contributed by atoms with Crippen LogP contribution in [0.15, 0.2) is 36.5 Å². The molecule has 0 atom stereocenters. The first kappa shape index (κ1) is 15.7. The van der Waals surface area contributed by atoms with Gasteiger partial charge in [-0.1, -0.05) is 26.0 Å². The molecule has 2 aromatic carbocycles. The van der Waals surface area contributed by atoms with Crippen molar-refractivity contribution in [3.63, 3.8) is 0 Å². The summed E-state index contributed by atoms with van der Waals surface area (Å²) in [6, 6.07) is 8.71. The molecule has 0 aliphatic heterocycles. The maximum absolute atomic E-state index is 14.3. The van der Waals surface area contributed by atoms with Gasteiger partial charge in [0.2, 0.25) is 0 Å². The van der Waals surface area contributed by atoms with Crippen molar-refractivity contribution in [3.8, 4) is 11.1 Å². The normalized spacial score (nSPS) is 11.8. The third-order valence-electron chi connectivity index (χ3n) is 4.06. The molecule has 0 radical (unpaired) electrons. The van der Waals surface area contributed by atoms with Crippen molar-refractivity contribution in [1.29, 1.82) is 0 Å². The summed E-state index contributed by atoms with van der Waals surface area (Å²) < 4.78 is 30.5. The van der Waals surface area contributed by atoms with E-state index in [1.54, 1.807) is 13.8 Å². The topological polar surface area (TPSA) is 17.8 Å². The second kappa shape index (κ2) is 5.76. The van der Waals surface area contributed by atoms with Crippen molar-refractivity contribution in [3.05, 3.63) is 53.7 Å². The third kappa shape index (κ3) is 2.74. The third-order valence-corrected chi connectivity index (χ3v) is 4.06. The monoisotopic (exact) mass is 314 g/mol. The van der Waals surface area contributed by atoms with Gasteiger partial charge in [0.05, 0.1) is 5.52 Å². The molecule has 0 saturated carbocycles. The molecule has 23 heavy (non-hydrogen) atoms. The Balaban J connectivity index is 2.21. The van der Waals surface area contributed by atoms with Crippen molar-refractivity contribution in [2.75, 3.05) is 0 Å². The van der Waals surface area contributed by atoms with E-state index in [0.29, 0.717) is 5.56 Å². The number of aromatic nitrogens is 2. The van der Waals surface area contributed by atoms with Gasteiger partial charge in [0.1, 0.15) is 11.6 Å². The summed E-state index contributed by atoms with van der Waals surface area (Å²) >= 11 is 0. The molecule has 3 aromatic rings. The smallest absolute Gasteiger partial charge is 0.130 e. The molecule has 1 aromatic heterocycles. The van der Waals surface area contributed by atoms with Crippen molar-refractivity contribution in [2.24, 2.45) is 0 Å². The van der Waals surface area contributed by atoms with E-state index in [1.807, 2.05) is 42.9 Å². The molecule has 0 aliphatic carbocycles. The molecule has 120 valence electrons. The largest absolute Gasteiger partial charge is 0.269 e. The lowest BCUT2D eigenvalue weighted by Gasteiger charge is -2.11. The van der Waals surface area contributed by atoms with Gasteiger partial charge in [-0.3, -0.25) is 4.68 Å². The zero-order valence-electron chi connectivity index (χ0n) is 13.8. The maximum atomic E-state index is 14.3. The van der Waals surface area contributed by atoms with E-state index >= 15 is 0 Å². The first-order chi connectivity index (χ1) is 10.9.